The van der Waals surface area contributed by atoms with Crippen LogP contribution in [-0.4, -0.2) is 31.4 Å². The second-order valence-corrected chi connectivity index (χ2v) is 5.85. The maximum atomic E-state index is 12.9. The quantitative estimate of drug-likeness (QED) is 0.668. The van der Waals surface area contributed by atoms with Crippen LogP contribution in [0.4, 0.5) is 5.95 Å². The van der Waals surface area contributed by atoms with E-state index in [1.165, 1.54) is 4.68 Å². The van der Waals surface area contributed by atoms with Crippen LogP contribution in [0.25, 0.3) is 22.2 Å². The first kappa shape index (κ1) is 15.0. The molecule has 120 valence electrons. The smallest absolute Gasteiger partial charge is 0.278 e. The number of rotatable bonds is 4. The molecule has 0 radical (unpaired) electrons. The van der Waals surface area contributed by atoms with E-state index in [1.807, 2.05) is 6.92 Å². The zero-order chi connectivity index (χ0) is 16.6. The molecule has 0 fully saturated rings. The van der Waals surface area contributed by atoms with E-state index in [-0.39, 0.29) is 11.5 Å². The summed E-state index contributed by atoms with van der Waals surface area (Å²) in [7, 11) is 0. The van der Waals surface area contributed by atoms with Crippen LogP contribution >= 0.6 is 0 Å². The number of nitrogen functional groups attached to an aromatic ring is 1. The number of aromatic amines is 1. The van der Waals surface area contributed by atoms with Gasteiger partial charge in [0, 0.05) is 23.7 Å². The van der Waals surface area contributed by atoms with Gasteiger partial charge in [0.25, 0.3) is 5.56 Å². The predicted octanol–water partition coefficient (Wildman–Crippen LogP) is 1.27. The highest BCUT2D eigenvalue weighted by atomic mass is 16.1. The van der Waals surface area contributed by atoms with E-state index in [0.29, 0.717) is 29.2 Å². The van der Waals surface area contributed by atoms with Crippen molar-refractivity contribution < 1.29 is 0 Å². The molecule has 0 unspecified atom stereocenters. The number of aryl methyl sites for hydroxylation is 1. The number of nitrogens with one attached hydrogen (secondary N) is 2. The molecule has 0 saturated heterocycles. The third kappa shape index (κ3) is 2.75. The van der Waals surface area contributed by atoms with E-state index >= 15 is 0 Å². The summed E-state index contributed by atoms with van der Waals surface area (Å²) in [6.07, 6.45) is 3.30. The van der Waals surface area contributed by atoms with Gasteiger partial charge in [-0.3, -0.25) is 9.89 Å². The van der Waals surface area contributed by atoms with Crippen LogP contribution in [0.2, 0.25) is 0 Å². The molecule has 0 aromatic carbocycles. The molecule has 4 N–H and O–H groups in total. The molecule has 0 saturated carbocycles. The summed E-state index contributed by atoms with van der Waals surface area (Å²) < 4.78 is 1.45. The van der Waals surface area contributed by atoms with Crippen molar-refractivity contribution in [2.75, 3.05) is 17.7 Å². The van der Waals surface area contributed by atoms with Crippen LogP contribution in [0.5, 0.6) is 0 Å². The van der Waals surface area contributed by atoms with Gasteiger partial charge in [0.15, 0.2) is 5.65 Å². The first-order valence-corrected chi connectivity index (χ1v) is 7.40. The summed E-state index contributed by atoms with van der Waals surface area (Å²) in [5.41, 5.74) is 11.1. The van der Waals surface area contributed by atoms with Crippen molar-refractivity contribution in [2.24, 2.45) is 5.92 Å². The Morgan fingerprint density at radius 1 is 1.39 bits per heavy atom. The highest BCUT2D eigenvalue weighted by molar-refractivity contribution is 5.83. The molecule has 3 heterocycles. The van der Waals surface area contributed by atoms with Crippen LogP contribution in [0, 0.1) is 12.8 Å². The fraction of sp³-hybridized carbons (Fsp3) is 0.333. The Labute approximate surface area is 132 Å². The third-order valence-electron chi connectivity index (χ3n) is 3.53. The maximum Gasteiger partial charge on any atom is 0.278 e. The van der Waals surface area contributed by atoms with Gasteiger partial charge in [-0.2, -0.15) is 10.1 Å². The van der Waals surface area contributed by atoms with E-state index in [1.54, 1.807) is 18.5 Å². The highest BCUT2D eigenvalue weighted by Crippen LogP contribution is 2.21. The zero-order valence-corrected chi connectivity index (χ0v) is 13.3. The molecule has 3 aromatic heterocycles. The molecule has 8 nitrogen and oxygen atoms in total. The van der Waals surface area contributed by atoms with Gasteiger partial charge in [-0.05, 0) is 18.9 Å². The van der Waals surface area contributed by atoms with Crippen molar-refractivity contribution in [3.05, 3.63) is 34.5 Å². The van der Waals surface area contributed by atoms with E-state index in [4.69, 9.17) is 5.73 Å². The predicted molar refractivity (Wildman–Crippen MR) is 89.6 cm³/mol. The number of fused-ring (bicyclic) bond motifs is 1. The van der Waals surface area contributed by atoms with Crippen LogP contribution in [-0.2, 0) is 0 Å². The molecule has 0 bridgehead atoms. The number of hydrogen-bond acceptors (Lipinski definition) is 6. The summed E-state index contributed by atoms with van der Waals surface area (Å²) in [5, 5.41) is 7.41. The lowest BCUT2D eigenvalue weighted by atomic mass is 10.1. The van der Waals surface area contributed by atoms with Crippen molar-refractivity contribution in [2.45, 2.75) is 20.8 Å². The number of pyridine rings is 1. The van der Waals surface area contributed by atoms with Crippen LogP contribution in [0.3, 0.4) is 0 Å². The lowest BCUT2D eigenvalue weighted by molar-refractivity contribution is 0.639. The monoisotopic (exact) mass is 313 g/mol. The fourth-order valence-corrected chi connectivity index (χ4v) is 2.38. The summed E-state index contributed by atoms with van der Waals surface area (Å²) >= 11 is 0. The average molecular weight is 313 g/mol. The van der Waals surface area contributed by atoms with Crippen molar-refractivity contribution >= 4 is 17.0 Å². The van der Waals surface area contributed by atoms with Crippen molar-refractivity contribution in [3.8, 4) is 11.1 Å². The molecule has 0 atom stereocenters. The minimum Gasteiger partial charge on any atom is -0.368 e. The van der Waals surface area contributed by atoms with E-state index < -0.39 is 0 Å². The number of H-pyrrole nitrogens is 1. The second-order valence-electron chi connectivity index (χ2n) is 5.85. The molecule has 3 rings (SSSR count). The number of nitrogens with zero attached hydrogens (tertiary/aromatic N) is 4. The van der Waals surface area contributed by atoms with Gasteiger partial charge >= 0.3 is 0 Å². The minimum atomic E-state index is -0.197. The van der Waals surface area contributed by atoms with Gasteiger partial charge in [-0.25, -0.2) is 9.66 Å². The SMILES string of the molecule is Cc1nc(N)nc2c1cc(-c1cn[nH]c1)c(=O)n2NCC(C)C. The topological polar surface area (TPSA) is 115 Å². The Hall–Kier alpha value is -2.90. The zero-order valence-electron chi connectivity index (χ0n) is 13.3. The van der Waals surface area contributed by atoms with Crippen LogP contribution in [0.1, 0.15) is 19.5 Å². The Kier molecular flexibility index (Phi) is 3.73. The first-order valence-electron chi connectivity index (χ1n) is 7.40. The Balaban J connectivity index is 2.31. The Morgan fingerprint density at radius 2 is 2.17 bits per heavy atom. The van der Waals surface area contributed by atoms with Crippen LogP contribution in [0.15, 0.2) is 23.3 Å². The second kappa shape index (κ2) is 5.71. The molecule has 8 heteroatoms. The maximum absolute atomic E-state index is 12.9. The lowest BCUT2D eigenvalue weighted by Gasteiger charge is -2.16. The summed E-state index contributed by atoms with van der Waals surface area (Å²) in [6, 6.07) is 1.78. The number of anilines is 1. The summed E-state index contributed by atoms with van der Waals surface area (Å²) in [6.45, 7) is 6.60. The molecular weight excluding hydrogens is 294 g/mol. The third-order valence-corrected chi connectivity index (χ3v) is 3.53. The molecule has 23 heavy (non-hydrogen) atoms. The van der Waals surface area contributed by atoms with Gasteiger partial charge in [0.2, 0.25) is 5.95 Å². The Bertz CT molecular complexity index is 896. The van der Waals surface area contributed by atoms with Crippen molar-refractivity contribution in [3.63, 3.8) is 0 Å². The minimum absolute atomic E-state index is 0.144. The van der Waals surface area contributed by atoms with E-state index in [2.05, 4.69) is 39.4 Å². The molecule has 0 spiro atoms. The largest absolute Gasteiger partial charge is 0.368 e. The Morgan fingerprint density at radius 3 is 2.83 bits per heavy atom. The molecule has 3 aromatic rings. The first-order chi connectivity index (χ1) is 11.0. The fourth-order valence-electron chi connectivity index (χ4n) is 2.38. The van der Waals surface area contributed by atoms with Gasteiger partial charge in [-0.15, -0.1) is 0 Å². The molecule has 0 aliphatic carbocycles. The molecule has 0 aliphatic rings. The van der Waals surface area contributed by atoms with Gasteiger partial charge < -0.3 is 11.2 Å². The number of aromatic nitrogens is 5. The van der Waals surface area contributed by atoms with Crippen molar-refractivity contribution in [1.82, 2.24) is 24.8 Å². The van der Waals surface area contributed by atoms with Crippen molar-refractivity contribution in [1.29, 1.82) is 0 Å². The standard InChI is InChI=1S/C15H19N7O/c1-8(2)5-19-22-13-11(9(3)20-15(16)21-13)4-12(14(22)23)10-6-17-18-7-10/h4,6-8,19H,5H2,1-3H3,(H,17,18)(H2,16,20,21). The molecular formula is C15H19N7O. The highest BCUT2D eigenvalue weighted by Gasteiger charge is 2.15. The van der Waals surface area contributed by atoms with Gasteiger partial charge in [0.05, 0.1) is 17.5 Å². The van der Waals surface area contributed by atoms with E-state index in [0.717, 1.165) is 11.1 Å². The summed E-state index contributed by atoms with van der Waals surface area (Å²) in [4.78, 5) is 21.3. The number of nitrogens with two attached hydrogens (primary N) is 1. The summed E-state index contributed by atoms with van der Waals surface area (Å²) in [5.74, 6) is 0.514. The molecule has 0 amide bonds. The number of hydrogen-bond donors (Lipinski definition) is 3. The van der Waals surface area contributed by atoms with Gasteiger partial charge in [-0.1, -0.05) is 13.8 Å². The van der Waals surface area contributed by atoms with Crippen LogP contribution < -0.4 is 16.7 Å². The van der Waals surface area contributed by atoms with E-state index in [9.17, 15) is 4.79 Å². The average Bonchev–Trinajstić information content (AvgIpc) is 2.99. The van der Waals surface area contributed by atoms with Gasteiger partial charge in [0.1, 0.15) is 0 Å². The molecule has 0 aliphatic heterocycles. The lowest BCUT2D eigenvalue weighted by Crippen LogP contribution is -2.33. The normalized spacial score (nSPS) is 11.3.